The van der Waals surface area contributed by atoms with Crippen LogP contribution >= 0.6 is 0 Å². The molecule has 0 aliphatic heterocycles. The van der Waals surface area contributed by atoms with Crippen LogP contribution in [0.25, 0.3) is 5.69 Å². The minimum absolute atomic E-state index is 0.0398. The second-order valence-electron chi connectivity index (χ2n) is 10.1. The number of carbonyl (C=O) groups excluding carboxylic acids is 1. The topological polar surface area (TPSA) is 125 Å². The first-order valence-electron chi connectivity index (χ1n) is 13.1. The van der Waals surface area contributed by atoms with E-state index in [0.29, 0.717) is 16.9 Å². The number of aliphatic hydroxyl groups is 2. The van der Waals surface area contributed by atoms with Crippen LogP contribution in [0.2, 0.25) is 0 Å². The summed E-state index contributed by atoms with van der Waals surface area (Å²) in [7, 11) is 2.72. The quantitative estimate of drug-likeness (QED) is 0.278. The zero-order valence-corrected chi connectivity index (χ0v) is 23.3. The molecular weight excluding hydrogens is 543 g/mol. The number of carboxylic acid groups (broad SMARTS) is 1. The highest BCUT2D eigenvalue weighted by molar-refractivity contribution is 5.94. The summed E-state index contributed by atoms with van der Waals surface area (Å²) in [6, 6.07) is 7.63. The molecular formula is C29H34F3N3O6. The molecule has 0 aliphatic rings. The second-order valence-corrected chi connectivity index (χ2v) is 10.1. The van der Waals surface area contributed by atoms with Crippen molar-refractivity contribution in [1.82, 2.24) is 14.7 Å². The maximum absolute atomic E-state index is 14.6. The third kappa shape index (κ3) is 7.65. The number of nitrogens with zero attached hydrogens (tertiary/aromatic N) is 3. The molecule has 0 fully saturated rings. The number of aliphatic hydroxyl groups excluding tert-OH is 2. The Bertz CT molecular complexity index is 1380. The molecule has 2 atom stereocenters. The fourth-order valence-electron chi connectivity index (χ4n) is 4.69. The van der Waals surface area contributed by atoms with Gasteiger partial charge in [0.1, 0.15) is 11.6 Å². The number of hydrogen-bond acceptors (Lipinski definition) is 6. The van der Waals surface area contributed by atoms with Crippen LogP contribution in [-0.4, -0.2) is 68.2 Å². The van der Waals surface area contributed by atoms with E-state index in [2.05, 4.69) is 5.10 Å². The van der Waals surface area contributed by atoms with Crippen molar-refractivity contribution in [3.63, 3.8) is 0 Å². The number of aromatic nitrogens is 2. The Morgan fingerprint density at radius 3 is 2.29 bits per heavy atom. The summed E-state index contributed by atoms with van der Waals surface area (Å²) in [6.07, 6.45) is -2.67. The Labute approximate surface area is 235 Å². The molecule has 3 rings (SSSR count). The van der Waals surface area contributed by atoms with E-state index >= 15 is 0 Å². The van der Waals surface area contributed by atoms with Crippen LogP contribution in [0.4, 0.5) is 13.2 Å². The average molecular weight is 578 g/mol. The lowest BCUT2D eigenvalue weighted by Gasteiger charge is -2.20. The number of halogens is 3. The number of aliphatic carboxylic acids is 1. The average Bonchev–Trinajstić information content (AvgIpc) is 3.29. The highest BCUT2D eigenvalue weighted by Crippen LogP contribution is 2.30. The van der Waals surface area contributed by atoms with Crippen LogP contribution in [0, 0.1) is 17.5 Å². The minimum atomic E-state index is -1.24. The summed E-state index contributed by atoms with van der Waals surface area (Å²) in [5.41, 5.74) is 1.43. The molecule has 2 unspecified atom stereocenters. The Kier molecular flexibility index (Phi) is 10.5. The predicted octanol–water partition coefficient (Wildman–Crippen LogP) is 4.21. The number of benzene rings is 2. The fraction of sp³-hybridized carbons (Fsp3) is 0.414. The highest BCUT2D eigenvalue weighted by Gasteiger charge is 2.29. The lowest BCUT2D eigenvalue weighted by Crippen LogP contribution is -2.28. The highest BCUT2D eigenvalue weighted by atomic mass is 19.2. The summed E-state index contributed by atoms with van der Waals surface area (Å²) in [4.78, 5) is 25.7. The number of carbonyl (C=O) groups is 2. The molecule has 0 radical (unpaired) electrons. The summed E-state index contributed by atoms with van der Waals surface area (Å²) < 4.78 is 48.9. The Morgan fingerprint density at radius 1 is 1.05 bits per heavy atom. The lowest BCUT2D eigenvalue weighted by molar-refractivity contribution is -0.139. The molecule has 0 spiro atoms. The Balaban J connectivity index is 2.00. The minimum Gasteiger partial charge on any atom is -0.496 e. The van der Waals surface area contributed by atoms with Crippen LogP contribution in [-0.2, 0) is 17.8 Å². The van der Waals surface area contributed by atoms with E-state index in [1.807, 2.05) is 13.8 Å². The Hall–Kier alpha value is -3.90. The van der Waals surface area contributed by atoms with Crippen molar-refractivity contribution in [3.05, 3.63) is 76.4 Å². The monoisotopic (exact) mass is 577 g/mol. The van der Waals surface area contributed by atoms with Gasteiger partial charge in [0, 0.05) is 18.3 Å². The van der Waals surface area contributed by atoms with Crippen LogP contribution in [0.1, 0.15) is 66.3 Å². The normalized spacial score (nSPS) is 12.8. The van der Waals surface area contributed by atoms with Crippen LogP contribution in [0.15, 0.2) is 36.4 Å². The zero-order valence-electron chi connectivity index (χ0n) is 23.3. The molecule has 12 heteroatoms. The van der Waals surface area contributed by atoms with E-state index in [-0.39, 0.29) is 48.7 Å². The van der Waals surface area contributed by atoms with Gasteiger partial charge in [0.15, 0.2) is 17.3 Å². The number of methoxy groups -OCH3 is 1. The first-order chi connectivity index (χ1) is 19.3. The van der Waals surface area contributed by atoms with Gasteiger partial charge in [-0.1, -0.05) is 13.8 Å². The second kappa shape index (κ2) is 13.6. The van der Waals surface area contributed by atoms with Crippen LogP contribution < -0.4 is 4.74 Å². The van der Waals surface area contributed by atoms with Gasteiger partial charge in [0.2, 0.25) is 0 Å². The molecule has 2 aromatic carbocycles. The van der Waals surface area contributed by atoms with Gasteiger partial charge in [-0.15, -0.1) is 0 Å². The maximum atomic E-state index is 14.6. The third-order valence-electron chi connectivity index (χ3n) is 6.66. The van der Waals surface area contributed by atoms with Crippen molar-refractivity contribution in [3.8, 4) is 11.4 Å². The van der Waals surface area contributed by atoms with Gasteiger partial charge in [0.05, 0.1) is 43.5 Å². The Morgan fingerprint density at radius 2 is 1.71 bits per heavy atom. The number of hydrogen-bond donors (Lipinski definition) is 3. The number of ether oxygens (including phenoxy) is 1. The standard InChI is InChI=1S/C29H34F3N3O6/c1-16(2)26-23(11-9-19(36)13-20(37)14-25(38)39)35(18-7-5-17(30)6-8-18)33-28(26)29(40)34(3)15-21-24(41-4)12-10-22(31)27(21)32/h5-8,10,12,16,19-20,36-37H,9,11,13-15H2,1-4H3,(H,38,39). The van der Waals surface area contributed by atoms with Gasteiger partial charge < -0.3 is 25.0 Å². The van der Waals surface area contributed by atoms with Crippen molar-refractivity contribution >= 4 is 11.9 Å². The van der Waals surface area contributed by atoms with Crippen molar-refractivity contribution in [2.24, 2.45) is 0 Å². The summed E-state index contributed by atoms with van der Waals surface area (Å²) in [5.74, 6) is -4.64. The largest absolute Gasteiger partial charge is 0.496 e. The van der Waals surface area contributed by atoms with Gasteiger partial charge in [-0.3, -0.25) is 9.59 Å². The van der Waals surface area contributed by atoms with Crippen LogP contribution in [0.5, 0.6) is 5.75 Å². The molecule has 0 saturated carbocycles. The van der Waals surface area contributed by atoms with Gasteiger partial charge in [0.25, 0.3) is 5.91 Å². The van der Waals surface area contributed by atoms with E-state index in [0.717, 1.165) is 6.07 Å². The van der Waals surface area contributed by atoms with E-state index < -0.39 is 48.0 Å². The van der Waals surface area contributed by atoms with Gasteiger partial charge in [-0.2, -0.15) is 5.10 Å². The lowest BCUT2D eigenvalue weighted by atomic mass is 9.95. The summed E-state index contributed by atoms with van der Waals surface area (Å²) in [6.45, 7) is 3.37. The van der Waals surface area contributed by atoms with Gasteiger partial charge in [-0.05, 0) is 61.6 Å². The molecule has 1 aromatic heterocycles. The van der Waals surface area contributed by atoms with E-state index in [4.69, 9.17) is 9.84 Å². The molecule has 1 heterocycles. The fourth-order valence-corrected chi connectivity index (χ4v) is 4.69. The van der Waals surface area contributed by atoms with Gasteiger partial charge in [-0.25, -0.2) is 17.9 Å². The number of rotatable bonds is 13. The molecule has 0 bridgehead atoms. The van der Waals surface area contributed by atoms with Crippen LogP contribution in [0.3, 0.4) is 0 Å². The van der Waals surface area contributed by atoms with Crippen molar-refractivity contribution < 1.29 is 42.8 Å². The molecule has 0 aliphatic carbocycles. The molecule has 41 heavy (non-hydrogen) atoms. The van der Waals surface area contributed by atoms with Crippen molar-refractivity contribution in [1.29, 1.82) is 0 Å². The SMILES string of the molecule is COc1ccc(F)c(F)c1CN(C)C(=O)c1nn(-c2ccc(F)cc2)c(CCC(O)CC(O)CC(=O)O)c1C(C)C. The first kappa shape index (κ1) is 31.6. The number of amides is 1. The maximum Gasteiger partial charge on any atom is 0.305 e. The molecule has 1 amide bonds. The van der Waals surface area contributed by atoms with Crippen molar-refractivity contribution in [2.45, 2.75) is 64.2 Å². The van der Waals surface area contributed by atoms with E-state index in [1.54, 1.807) is 0 Å². The van der Waals surface area contributed by atoms with E-state index in [1.165, 1.54) is 54.1 Å². The smallest absolute Gasteiger partial charge is 0.305 e. The van der Waals surface area contributed by atoms with Gasteiger partial charge >= 0.3 is 5.97 Å². The predicted molar refractivity (Wildman–Crippen MR) is 144 cm³/mol. The molecule has 0 saturated heterocycles. The number of carboxylic acids is 1. The third-order valence-corrected chi connectivity index (χ3v) is 6.66. The summed E-state index contributed by atoms with van der Waals surface area (Å²) in [5, 5.41) is 33.8. The molecule has 9 nitrogen and oxygen atoms in total. The summed E-state index contributed by atoms with van der Waals surface area (Å²) >= 11 is 0. The zero-order chi connectivity index (χ0) is 30.4. The molecule has 3 N–H and O–H groups in total. The van der Waals surface area contributed by atoms with Crippen molar-refractivity contribution in [2.75, 3.05) is 14.2 Å². The van der Waals surface area contributed by atoms with E-state index in [9.17, 15) is 33.0 Å². The first-order valence-corrected chi connectivity index (χ1v) is 13.1. The molecule has 222 valence electrons. The molecule has 3 aromatic rings.